The highest BCUT2D eigenvalue weighted by atomic mass is 16.6. The second-order valence-corrected chi connectivity index (χ2v) is 12.0. The highest BCUT2D eigenvalue weighted by Gasteiger charge is 2.26. The molecule has 0 saturated heterocycles. The second-order valence-electron chi connectivity index (χ2n) is 12.0. The highest BCUT2D eigenvalue weighted by molar-refractivity contribution is 5.91. The van der Waals surface area contributed by atoms with Gasteiger partial charge in [-0.3, -0.25) is 4.98 Å². The fourth-order valence-corrected chi connectivity index (χ4v) is 4.46. The third kappa shape index (κ3) is 7.81. The van der Waals surface area contributed by atoms with Crippen LogP contribution in [0.15, 0.2) is 30.5 Å². The van der Waals surface area contributed by atoms with Gasteiger partial charge in [-0.2, -0.15) is 4.68 Å². The Morgan fingerprint density at radius 1 is 0.949 bits per heavy atom. The largest absolute Gasteiger partial charge is 0.444 e. The Balaban J connectivity index is 1.45. The summed E-state index contributed by atoms with van der Waals surface area (Å²) in [4.78, 5) is 34.0. The van der Waals surface area contributed by atoms with E-state index in [0.29, 0.717) is 17.3 Å². The molecule has 11 nitrogen and oxygen atoms in total. The first-order valence-corrected chi connectivity index (χ1v) is 13.3. The molecule has 210 valence electrons. The number of ether oxygens (including phenoxy) is 2. The van der Waals surface area contributed by atoms with Crippen LogP contribution in [0.25, 0.3) is 10.9 Å². The Kier molecular flexibility index (Phi) is 7.99. The van der Waals surface area contributed by atoms with E-state index < -0.39 is 17.3 Å². The lowest BCUT2D eigenvalue weighted by Gasteiger charge is -2.31. The van der Waals surface area contributed by atoms with E-state index in [1.54, 1.807) is 19.2 Å². The Bertz CT molecular complexity index is 1330. The zero-order valence-electron chi connectivity index (χ0n) is 23.8. The van der Waals surface area contributed by atoms with E-state index >= 15 is 0 Å². The molecule has 3 aromatic heterocycles. The standard InChI is InChI=1S/C28H39N7O4/c1-17-15-23(34-35(17)26(37)39-28(5,6)7)32-22-16-21-20(9-8-14-29-21)24(33-22)30-18-10-12-19(13-11-18)31-25(36)38-27(2,3)4/h8-9,14-16,18-19H,10-13H2,1-7H3,(H,31,36)(H2,30,32,33,34). The summed E-state index contributed by atoms with van der Waals surface area (Å²) < 4.78 is 12.1. The molecule has 11 heteroatoms. The maximum atomic E-state index is 12.5. The van der Waals surface area contributed by atoms with Gasteiger partial charge in [0.25, 0.3) is 0 Å². The van der Waals surface area contributed by atoms with Crippen molar-refractivity contribution in [1.82, 2.24) is 25.1 Å². The number of aromatic nitrogens is 4. The summed E-state index contributed by atoms with van der Waals surface area (Å²) in [7, 11) is 0. The number of amides is 1. The first kappa shape index (κ1) is 28.1. The normalized spacial score (nSPS) is 17.9. The summed E-state index contributed by atoms with van der Waals surface area (Å²) in [6.45, 7) is 12.8. The molecule has 0 unspecified atom stereocenters. The van der Waals surface area contributed by atoms with Gasteiger partial charge < -0.3 is 25.4 Å². The van der Waals surface area contributed by atoms with Crippen LogP contribution in [0.1, 0.15) is 72.9 Å². The van der Waals surface area contributed by atoms with Crippen LogP contribution in [-0.4, -0.2) is 55.2 Å². The van der Waals surface area contributed by atoms with Crippen LogP contribution in [0.4, 0.5) is 27.0 Å². The van der Waals surface area contributed by atoms with Gasteiger partial charge in [-0.15, -0.1) is 5.10 Å². The first-order valence-electron chi connectivity index (χ1n) is 13.3. The fraction of sp³-hybridized carbons (Fsp3) is 0.536. The molecule has 1 saturated carbocycles. The Labute approximate surface area is 229 Å². The van der Waals surface area contributed by atoms with E-state index in [4.69, 9.17) is 14.5 Å². The van der Waals surface area contributed by atoms with Gasteiger partial charge in [0.1, 0.15) is 22.8 Å². The number of aryl methyl sites for hydroxylation is 1. The molecule has 4 rings (SSSR count). The van der Waals surface area contributed by atoms with Crippen molar-refractivity contribution < 1.29 is 19.1 Å². The van der Waals surface area contributed by atoms with Gasteiger partial charge in [-0.05, 0) is 86.3 Å². The van der Waals surface area contributed by atoms with Crippen LogP contribution < -0.4 is 16.0 Å². The summed E-state index contributed by atoms with van der Waals surface area (Å²) in [5, 5.41) is 15.1. The zero-order chi connectivity index (χ0) is 28.4. The lowest BCUT2D eigenvalue weighted by Crippen LogP contribution is -2.42. The number of hydrogen-bond donors (Lipinski definition) is 3. The van der Waals surface area contributed by atoms with Crippen molar-refractivity contribution in [2.45, 2.75) is 97.4 Å². The topological polar surface area (TPSA) is 132 Å². The number of carbonyl (C=O) groups is 2. The van der Waals surface area contributed by atoms with E-state index in [1.807, 2.05) is 59.7 Å². The maximum Gasteiger partial charge on any atom is 0.435 e. The van der Waals surface area contributed by atoms with Crippen molar-refractivity contribution in [3.05, 3.63) is 36.2 Å². The Hall–Kier alpha value is -3.89. The van der Waals surface area contributed by atoms with Crippen molar-refractivity contribution in [2.24, 2.45) is 0 Å². The van der Waals surface area contributed by atoms with Crippen molar-refractivity contribution in [1.29, 1.82) is 0 Å². The Morgan fingerprint density at radius 2 is 1.62 bits per heavy atom. The highest BCUT2D eigenvalue weighted by Crippen LogP contribution is 2.29. The third-order valence-corrected chi connectivity index (χ3v) is 6.10. The average molecular weight is 538 g/mol. The fourth-order valence-electron chi connectivity index (χ4n) is 4.46. The van der Waals surface area contributed by atoms with Crippen LogP contribution in [0.5, 0.6) is 0 Å². The number of rotatable bonds is 5. The number of nitrogens with zero attached hydrogens (tertiary/aromatic N) is 4. The molecule has 1 aliphatic carbocycles. The number of alkyl carbamates (subject to hydrolysis) is 1. The van der Waals surface area contributed by atoms with Crippen LogP contribution in [0.2, 0.25) is 0 Å². The van der Waals surface area contributed by atoms with Crippen molar-refractivity contribution >= 4 is 40.5 Å². The molecule has 1 aliphatic rings. The van der Waals surface area contributed by atoms with E-state index in [2.05, 4.69) is 26.0 Å². The molecule has 0 radical (unpaired) electrons. The predicted octanol–water partition coefficient (Wildman–Crippen LogP) is 5.91. The molecule has 0 bridgehead atoms. The summed E-state index contributed by atoms with van der Waals surface area (Å²) in [6.07, 6.45) is 4.26. The second kappa shape index (κ2) is 11.1. The predicted molar refractivity (Wildman–Crippen MR) is 150 cm³/mol. The van der Waals surface area contributed by atoms with E-state index in [9.17, 15) is 9.59 Å². The minimum absolute atomic E-state index is 0.0839. The van der Waals surface area contributed by atoms with Crippen LogP contribution in [0, 0.1) is 6.92 Å². The minimum Gasteiger partial charge on any atom is -0.444 e. The molecule has 0 spiro atoms. The van der Waals surface area contributed by atoms with E-state index in [1.165, 1.54) is 4.68 Å². The number of anilines is 3. The zero-order valence-corrected chi connectivity index (χ0v) is 23.8. The molecule has 39 heavy (non-hydrogen) atoms. The molecule has 0 atom stereocenters. The third-order valence-electron chi connectivity index (χ3n) is 6.10. The van der Waals surface area contributed by atoms with Crippen molar-refractivity contribution in [3.63, 3.8) is 0 Å². The van der Waals surface area contributed by atoms with Crippen LogP contribution >= 0.6 is 0 Å². The first-order chi connectivity index (χ1) is 18.3. The van der Waals surface area contributed by atoms with E-state index in [-0.39, 0.29) is 18.2 Å². The molecule has 1 fully saturated rings. The quantitative estimate of drug-likeness (QED) is 0.363. The van der Waals surface area contributed by atoms with Gasteiger partial charge in [0, 0.05) is 41.5 Å². The van der Waals surface area contributed by atoms with Gasteiger partial charge in [-0.25, -0.2) is 14.6 Å². The summed E-state index contributed by atoms with van der Waals surface area (Å²) in [5.41, 5.74) is 0.275. The molecule has 0 aliphatic heterocycles. The maximum absolute atomic E-state index is 12.5. The number of nitrogens with one attached hydrogen (secondary N) is 3. The molecule has 3 aromatic rings. The van der Waals surface area contributed by atoms with Gasteiger partial charge in [0.15, 0.2) is 5.82 Å². The smallest absolute Gasteiger partial charge is 0.435 e. The average Bonchev–Trinajstić information content (AvgIpc) is 3.18. The van der Waals surface area contributed by atoms with Crippen molar-refractivity contribution in [3.8, 4) is 0 Å². The monoisotopic (exact) mass is 537 g/mol. The molecular weight excluding hydrogens is 498 g/mol. The van der Waals surface area contributed by atoms with Crippen LogP contribution in [-0.2, 0) is 9.47 Å². The van der Waals surface area contributed by atoms with Gasteiger partial charge >= 0.3 is 12.2 Å². The van der Waals surface area contributed by atoms with Crippen LogP contribution in [0.3, 0.4) is 0 Å². The number of carbonyl (C=O) groups excluding carboxylic acids is 2. The molecule has 3 heterocycles. The molecule has 1 amide bonds. The SMILES string of the molecule is Cc1cc(Nc2cc3ncccc3c(NC3CCC(NC(=O)OC(C)(C)C)CC3)n2)nn1C(=O)OC(C)(C)C. The van der Waals surface area contributed by atoms with Gasteiger partial charge in [0.05, 0.1) is 5.52 Å². The summed E-state index contributed by atoms with van der Waals surface area (Å²) in [6, 6.07) is 7.76. The molecular formula is C28H39N7O4. The number of hydrogen-bond acceptors (Lipinski definition) is 9. The van der Waals surface area contributed by atoms with Gasteiger partial charge in [-0.1, -0.05) is 0 Å². The lowest BCUT2D eigenvalue weighted by molar-refractivity contribution is 0.0487. The summed E-state index contributed by atoms with van der Waals surface area (Å²) >= 11 is 0. The van der Waals surface area contributed by atoms with Crippen molar-refractivity contribution in [2.75, 3.05) is 10.6 Å². The number of fused-ring (bicyclic) bond motifs is 1. The minimum atomic E-state index is -0.625. The van der Waals surface area contributed by atoms with E-state index in [0.717, 1.165) is 42.4 Å². The number of pyridine rings is 2. The Morgan fingerprint density at radius 3 is 2.28 bits per heavy atom. The lowest BCUT2D eigenvalue weighted by atomic mass is 9.91. The molecule has 0 aromatic carbocycles. The molecule has 3 N–H and O–H groups in total. The summed E-state index contributed by atoms with van der Waals surface area (Å²) in [5.74, 6) is 1.74. The van der Waals surface area contributed by atoms with Gasteiger partial charge in [0.2, 0.25) is 0 Å².